The molecule has 3 rings (SSSR count). The van der Waals surface area contributed by atoms with E-state index in [1.165, 1.54) is 0 Å². The highest BCUT2D eigenvalue weighted by Crippen LogP contribution is 2.20. The molecule has 118 valence electrons. The predicted octanol–water partition coefficient (Wildman–Crippen LogP) is 3.11. The van der Waals surface area contributed by atoms with Crippen molar-refractivity contribution in [2.75, 3.05) is 5.32 Å². The zero-order chi connectivity index (χ0) is 16.4. The minimum atomic E-state index is -0.928. The first-order valence-electron chi connectivity index (χ1n) is 7.20. The summed E-state index contributed by atoms with van der Waals surface area (Å²) in [6.07, 6.45) is 2.01. The van der Waals surface area contributed by atoms with Gasteiger partial charge in [-0.1, -0.05) is 0 Å². The van der Waals surface area contributed by atoms with Crippen LogP contribution in [0.25, 0.3) is 0 Å². The minimum Gasteiger partial charge on any atom is -0.349 e. The molecule has 23 heavy (non-hydrogen) atoms. The molecule has 1 saturated carbocycles. The van der Waals surface area contributed by atoms with Crippen LogP contribution in [0.15, 0.2) is 42.5 Å². The maximum absolute atomic E-state index is 13.5. The van der Waals surface area contributed by atoms with Gasteiger partial charge >= 0.3 is 0 Å². The summed E-state index contributed by atoms with van der Waals surface area (Å²) < 4.78 is 26.4. The Balaban J connectivity index is 1.67. The normalized spacial score (nSPS) is 13.5. The van der Waals surface area contributed by atoms with Crippen LogP contribution in [-0.2, 0) is 0 Å². The summed E-state index contributed by atoms with van der Waals surface area (Å²) in [5, 5.41) is 5.36. The van der Waals surface area contributed by atoms with Crippen LogP contribution < -0.4 is 10.6 Å². The highest BCUT2D eigenvalue weighted by Gasteiger charge is 2.23. The van der Waals surface area contributed by atoms with Gasteiger partial charge in [-0.15, -0.1) is 0 Å². The molecule has 2 aromatic carbocycles. The molecule has 1 aliphatic carbocycles. The lowest BCUT2D eigenvalue weighted by molar-refractivity contribution is 0.0950. The van der Waals surface area contributed by atoms with Crippen molar-refractivity contribution in [3.63, 3.8) is 0 Å². The predicted molar refractivity (Wildman–Crippen MR) is 81.2 cm³/mol. The lowest BCUT2D eigenvalue weighted by Crippen LogP contribution is -2.25. The monoisotopic (exact) mass is 316 g/mol. The van der Waals surface area contributed by atoms with Crippen molar-refractivity contribution in [3.05, 3.63) is 65.2 Å². The molecule has 2 aromatic rings. The fourth-order valence-electron chi connectivity index (χ4n) is 2.07. The standard InChI is InChI=1S/C17H14F2N2O2/c18-11-3-8-14(15(19)9-11)17(23)21-12-4-1-10(2-5-12)16(22)20-13-6-7-13/h1-5,8-9,13H,6-7H2,(H,20,22)(H,21,23). The highest BCUT2D eigenvalue weighted by atomic mass is 19.1. The average Bonchev–Trinajstić information content (AvgIpc) is 3.31. The number of rotatable bonds is 4. The molecule has 0 unspecified atom stereocenters. The third-order valence-corrected chi connectivity index (χ3v) is 3.49. The van der Waals surface area contributed by atoms with E-state index >= 15 is 0 Å². The van der Waals surface area contributed by atoms with Gasteiger partial charge in [0, 0.05) is 23.4 Å². The second kappa shape index (κ2) is 6.16. The van der Waals surface area contributed by atoms with Gasteiger partial charge in [0.05, 0.1) is 5.56 Å². The second-order valence-corrected chi connectivity index (χ2v) is 5.40. The lowest BCUT2D eigenvalue weighted by atomic mass is 10.1. The quantitative estimate of drug-likeness (QED) is 0.910. The third kappa shape index (κ3) is 3.71. The first kappa shape index (κ1) is 15.1. The summed E-state index contributed by atoms with van der Waals surface area (Å²) >= 11 is 0. The van der Waals surface area contributed by atoms with Gasteiger partial charge in [0.15, 0.2) is 0 Å². The van der Waals surface area contributed by atoms with E-state index in [-0.39, 0.29) is 17.5 Å². The van der Waals surface area contributed by atoms with Crippen molar-refractivity contribution >= 4 is 17.5 Å². The summed E-state index contributed by atoms with van der Waals surface area (Å²) in [5.74, 6) is -2.51. The van der Waals surface area contributed by atoms with Crippen LogP contribution in [0.3, 0.4) is 0 Å². The van der Waals surface area contributed by atoms with E-state index in [4.69, 9.17) is 0 Å². The van der Waals surface area contributed by atoms with Crippen LogP contribution in [0.4, 0.5) is 14.5 Å². The molecule has 6 heteroatoms. The molecule has 0 saturated heterocycles. The molecule has 0 aromatic heterocycles. The Morgan fingerprint density at radius 3 is 2.26 bits per heavy atom. The summed E-state index contributed by atoms with van der Waals surface area (Å²) in [6.45, 7) is 0. The maximum Gasteiger partial charge on any atom is 0.258 e. The van der Waals surface area contributed by atoms with E-state index in [1.54, 1.807) is 24.3 Å². The first-order valence-corrected chi connectivity index (χ1v) is 7.20. The SMILES string of the molecule is O=C(NC1CC1)c1ccc(NC(=O)c2ccc(F)cc2F)cc1. The molecule has 1 fully saturated rings. The Hall–Kier alpha value is -2.76. The van der Waals surface area contributed by atoms with Crippen molar-refractivity contribution < 1.29 is 18.4 Å². The second-order valence-electron chi connectivity index (χ2n) is 5.40. The zero-order valence-electron chi connectivity index (χ0n) is 12.1. The number of benzene rings is 2. The van der Waals surface area contributed by atoms with Gasteiger partial charge in [-0.2, -0.15) is 0 Å². The Labute approximate surface area is 131 Å². The molecular formula is C17H14F2N2O2. The summed E-state index contributed by atoms with van der Waals surface area (Å²) in [6, 6.07) is 9.29. The molecule has 0 radical (unpaired) electrons. The van der Waals surface area contributed by atoms with Crippen molar-refractivity contribution in [2.24, 2.45) is 0 Å². The average molecular weight is 316 g/mol. The number of nitrogens with one attached hydrogen (secondary N) is 2. The van der Waals surface area contributed by atoms with Gasteiger partial charge in [0.2, 0.25) is 0 Å². The number of carbonyl (C=O) groups is 2. The molecule has 0 atom stereocenters. The van der Waals surface area contributed by atoms with Gasteiger partial charge in [0.25, 0.3) is 11.8 Å². The van der Waals surface area contributed by atoms with Crippen LogP contribution in [0.2, 0.25) is 0 Å². The first-order chi connectivity index (χ1) is 11.0. The van der Waals surface area contributed by atoms with Gasteiger partial charge in [-0.3, -0.25) is 9.59 Å². The van der Waals surface area contributed by atoms with Crippen molar-refractivity contribution in [1.29, 1.82) is 0 Å². The van der Waals surface area contributed by atoms with E-state index in [0.29, 0.717) is 17.3 Å². The van der Waals surface area contributed by atoms with Crippen LogP contribution in [0.5, 0.6) is 0 Å². The van der Waals surface area contributed by atoms with E-state index in [9.17, 15) is 18.4 Å². The van der Waals surface area contributed by atoms with Crippen LogP contribution >= 0.6 is 0 Å². The molecule has 0 heterocycles. The number of halogens is 2. The van der Waals surface area contributed by atoms with Crippen molar-refractivity contribution in [1.82, 2.24) is 5.32 Å². The molecule has 1 aliphatic rings. The molecule has 2 N–H and O–H groups in total. The molecule has 2 amide bonds. The molecular weight excluding hydrogens is 302 g/mol. The fraction of sp³-hybridized carbons (Fsp3) is 0.176. The molecule has 0 aliphatic heterocycles. The van der Waals surface area contributed by atoms with Crippen molar-refractivity contribution in [2.45, 2.75) is 18.9 Å². The summed E-state index contributed by atoms with van der Waals surface area (Å²) in [7, 11) is 0. The summed E-state index contributed by atoms with van der Waals surface area (Å²) in [5.41, 5.74) is 0.659. The maximum atomic E-state index is 13.5. The van der Waals surface area contributed by atoms with E-state index < -0.39 is 17.5 Å². The highest BCUT2D eigenvalue weighted by molar-refractivity contribution is 6.04. The number of anilines is 1. The Morgan fingerprint density at radius 2 is 1.65 bits per heavy atom. The molecule has 0 spiro atoms. The molecule has 0 bridgehead atoms. The topological polar surface area (TPSA) is 58.2 Å². The van der Waals surface area contributed by atoms with E-state index in [1.807, 2.05) is 0 Å². The van der Waals surface area contributed by atoms with Crippen LogP contribution in [-0.4, -0.2) is 17.9 Å². The number of carbonyl (C=O) groups excluding carboxylic acids is 2. The number of amides is 2. The van der Waals surface area contributed by atoms with E-state index in [0.717, 1.165) is 25.0 Å². The van der Waals surface area contributed by atoms with Crippen molar-refractivity contribution in [3.8, 4) is 0 Å². The summed E-state index contributed by atoms with van der Waals surface area (Å²) in [4.78, 5) is 23.8. The Bertz CT molecular complexity index is 756. The third-order valence-electron chi connectivity index (χ3n) is 3.49. The largest absolute Gasteiger partial charge is 0.349 e. The van der Waals surface area contributed by atoms with Crippen LogP contribution in [0, 0.1) is 11.6 Å². The Kier molecular flexibility index (Phi) is 4.06. The number of hydrogen-bond donors (Lipinski definition) is 2. The van der Waals surface area contributed by atoms with Gasteiger partial charge in [0.1, 0.15) is 11.6 Å². The van der Waals surface area contributed by atoms with E-state index in [2.05, 4.69) is 10.6 Å². The van der Waals surface area contributed by atoms with Gasteiger partial charge in [-0.05, 0) is 49.2 Å². The Morgan fingerprint density at radius 1 is 0.957 bits per heavy atom. The number of hydrogen-bond acceptors (Lipinski definition) is 2. The van der Waals surface area contributed by atoms with Gasteiger partial charge in [-0.25, -0.2) is 8.78 Å². The zero-order valence-corrected chi connectivity index (χ0v) is 12.1. The smallest absolute Gasteiger partial charge is 0.258 e. The lowest BCUT2D eigenvalue weighted by Gasteiger charge is -2.08. The van der Waals surface area contributed by atoms with Crippen LogP contribution in [0.1, 0.15) is 33.6 Å². The molecule has 4 nitrogen and oxygen atoms in total. The fourth-order valence-corrected chi connectivity index (χ4v) is 2.07. The van der Waals surface area contributed by atoms with Gasteiger partial charge < -0.3 is 10.6 Å². The minimum absolute atomic E-state index is 0.157.